The van der Waals surface area contributed by atoms with Crippen LogP contribution in [0.4, 0.5) is 4.79 Å². The Bertz CT molecular complexity index is 1680. The second-order valence-corrected chi connectivity index (χ2v) is 12.0. The van der Waals surface area contributed by atoms with Crippen LogP contribution in [0.3, 0.4) is 0 Å². The van der Waals surface area contributed by atoms with Crippen molar-refractivity contribution in [1.29, 1.82) is 0 Å². The highest BCUT2D eigenvalue weighted by molar-refractivity contribution is 6.04. The molecule has 1 saturated heterocycles. The summed E-state index contributed by atoms with van der Waals surface area (Å²) in [5, 5.41) is 0.895. The van der Waals surface area contributed by atoms with Crippen LogP contribution in [0.15, 0.2) is 127 Å². The standard InChI is InChI=1S/C38H36N2O3/c1-37(2,3)43-36(42)40-27-28(33-21-13-14-22-34(33)40)25-29-26-39(24-23-35(29)41)38(30-15-7-4-8-16-30,31-17-9-5-10-18-31)32-19-11-6-12-20-32/h4-22,25,27H,23-24,26H2,1-3H3. The van der Waals surface area contributed by atoms with Crippen LogP contribution in [-0.4, -0.2) is 40.0 Å². The topological polar surface area (TPSA) is 51.5 Å². The monoisotopic (exact) mass is 568 g/mol. The van der Waals surface area contributed by atoms with Gasteiger partial charge in [-0.3, -0.25) is 14.3 Å². The van der Waals surface area contributed by atoms with Gasteiger partial charge >= 0.3 is 6.09 Å². The molecular formula is C38H36N2O3. The van der Waals surface area contributed by atoms with Crippen molar-refractivity contribution < 1.29 is 14.3 Å². The normalized spacial score (nSPS) is 15.6. The Morgan fingerprint density at radius 3 is 1.79 bits per heavy atom. The summed E-state index contributed by atoms with van der Waals surface area (Å²) in [6.45, 7) is 6.62. The second-order valence-electron chi connectivity index (χ2n) is 12.0. The molecular weight excluding hydrogens is 532 g/mol. The van der Waals surface area contributed by atoms with Crippen LogP contribution < -0.4 is 0 Å². The fourth-order valence-corrected chi connectivity index (χ4v) is 6.24. The Labute approximate surface area is 253 Å². The first-order chi connectivity index (χ1) is 20.8. The van der Waals surface area contributed by atoms with E-state index in [1.165, 1.54) is 0 Å². The number of hydrogen-bond donors (Lipinski definition) is 0. The van der Waals surface area contributed by atoms with Gasteiger partial charge < -0.3 is 4.74 Å². The number of ketones is 1. The van der Waals surface area contributed by atoms with E-state index in [4.69, 9.17) is 4.74 Å². The molecule has 1 aliphatic rings. The van der Waals surface area contributed by atoms with Crippen LogP contribution in [0.5, 0.6) is 0 Å². The van der Waals surface area contributed by atoms with Crippen molar-refractivity contribution in [3.05, 3.63) is 149 Å². The highest BCUT2D eigenvalue weighted by atomic mass is 16.6. The lowest BCUT2D eigenvalue weighted by Gasteiger charge is -2.47. The second kappa shape index (κ2) is 11.5. The summed E-state index contributed by atoms with van der Waals surface area (Å²) in [5.74, 6) is 0.119. The van der Waals surface area contributed by atoms with Crippen molar-refractivity contribution in [2.75, 3.05) is 13.1 Å². The van der Waals surface area contributed by atoms with Crippen LogP contribution in [-0.2, 0) is 15.1 Å². The van der Waals surface area contributed by atoms with E-state index in [0.717, 1.165) is 33.2 Å². The maximum absolute atomic E-state index is 13.6. The van der Waals surface area contributed by atoms with E-state index in [1.807, 2.05) is 69.3 Å². The van der Waals surface area contributed by atoms with E-state index in [2.05, 4.69) is 77.7 Å². The molecule has 43 heavy (non-hydrogen) atoms. The predicted octanol–water partition coefficient (Wildman–Crippen LogP) is 8.07. The Morgan fingerprint density at radius 1 is 0.744 bits per heavy atom. The third kappa shape index (κ3) is 5.44. The minimum Gasteiger partial charge on any atom is -0.443 e. The molecule has 2 heterocycles. The molecule has 4 aromatic carbocycles. The molecule has 0 amide bonds. The largest absolute Gasteiger partial charge is 0.443 e. The molecule has 5 heteroatoms. The lowest BCUT2D eigenvalue weighted by atomic mass is 9.74. The average molecular weight is 569 g/mol. The van der Waals surface area contributed by atoms with Gasteiger partial charge in [-0.1, -0.05) is 109 Å². The fourth-order valence-electron chi connectivity index (χ4n) is 6.24. The zero-order valence-electron chi connectivity index (χ0n) is 24.9. The summed E-state index contributed by atoms with van der Waals surface area (Å²) >= 11 is 0. The number of carbonyl (C=O) groups is 2. The molecule has 0 atom stereocenters. The molecule has 1 aliphatic heterocycles. The smallest absolute Gasteiger partial charge is 0.419 e. The molecule has 0 N–H and O–H groups in total. The van der Waals surface area contributed by atoms with Gasteiger partial charge in [0.25, 0.3) is 0 Å². The predicted molar refractivity (Wildman–Crippen MR) is 172 cm³/mol. The fraction of sp³-hybridized carbons (Fsp3) is 0.211. The quantitative estimate of drug-likeness (QED) is 0.159. The molecule has 0 radical (unpaired) electrons. The summed E-state index contributed by atoms with van der Waals surface area (Å²) in [7, 11) is 0. The van der Waals surface area contributed by atoms with E-state index in [9.17, 15) is 9.59 Å². The Kier molecular flexibility index (Phi) is 7.59. The molecule has 0 aliphatic carbocycles. The maximum atomic E-state index is 13.6. The zero-order valence-corrected chi connectivity index (χ0v) is 24.9. The molecule has 0 unspecified atom stereocenters. The molecule has 5 aromatic rings. The van der Waals surface area contributed by atoms with Gasteiger partial charge in [0.1, 0.15) is 5.60 Å². The SMILES string of the molecule is CC(C)(C)OC(=O)n1cc(C=C2CN(C(c3ccccc3)(c3ccccc3)c3ccccc3)CCC2=O)c2ccccc21. The van der Waals surface area contributed by atoms with E-state index in [1.54, 1.807) is 10.8 Å². The average Bonchev–Trinajstić information content (AvgIpc) is 3.38. The Balaban J connectivity index is 1.49. The highest BCUT2D eigenvalue weighted by Gasteiger charge is 2.44. The number of aromatic nitrogens is 1. The summed E-state index contributed by atoms with van der Waals surface area (Å²) in [5.41, 5.74) is 4.45. The summed E-state index contributed by atoms with van der Waals surface area (Å²) in [4.78, 5) is 29.1. The van der Waals surface area contributed by atoms with E-state index in [0.29, 0.717) is 25.1 Å². The van der Waals surface area contributed by atoms with Gasteiger partial charge in [-0.25, -0.2) is 4.79 Å². The summed E-state index contributed by atoms with van der Waals surface area (Å²) < 4.78 is 7.24. The van der Waals surface area contributed by atoms with Crippen LogP contribution in [0.25, 0.3) is 17.0 Å². The van der Waals surface area contributed by atoms with Crippen LogP contribution >= 0.6 is 0 Å². The van der Waals surface area contributed by atoms with Crippen LogP contribution in [0, 0.1) is 0 Å². The number of nitrogens with zero attached hydrogens (tertiary/aromatic N) is 2. The molecule has 0 saturated carbocycles. The van der Waals surface area contributed by atoms with Gasteiger partial charge in [0.2, 0.25) is 0 Å². The van der Waals surface area contributed by atoms with Crippen molar-refractivity contribution in [2.45, 2.75) is 38.3 Å². The molecule has 1 aromatic heterocycles. The van der Waals surface area contributed by atoms with Crippen molar-refractivity contribution in [1.82, 2.24) is 9.47 Å². The number of hydrogen-bond acceptors (Lipinski definition) is 4. The van der Waals surface area contributed by atoms with E-state index < -0.39 is 17.2 Å². The van der Waals surface area contributed by atoms with Gasteiger partial charge in [-0.15, -0.1) is 0 Å². The third-order valence-electron chi connectivity index (χ3n) is 8.04. The van der Waals surface area contributed by atoms with Crippen LogP contribution in [0.2, 0.25) is 0 Å². The summed E-state index contributed by atoms with van der Waals surface area (Å²) in [6.07, 6.45) is 3.70. The number of fused-ring (bicyclic) bond motifs is 1. The Hall–Kier alpha value is -4.74. The highest BCUT2D eigenvalue weighted by Crippen LogP contribution is 2.44. The first-order valence-corrected chi connectivity index (χ1v) is 14.8. The van der Waals surface area contributed by atoms with Crippen molar-refractivity contribution in [3.63, 3.8) is 0 Å². The molecule has 6 rings (SSSR count). The minimum absolute atomic E-state index is 0.119. The number of piperidine rings is 1. The molecule has 0 bridgehead atoms. The molecule has 5 nitrogen and oxygen atoms in total. The van der Waals surface area contributed by atoms with Gasteiger partial charge in [0.15, 0.2) is 5.78 Å². The first kappa shape index (κ1) is 28.4. The third-order valence-corrected chi connectivity index (χ3v) is 8.04. The number of ether oxygens (including phenoxy) is 1. The number of carbonyl (C=O) groups excluding carboxylic acids is 2. The van der Waals surface area contributed by atoms with Crippen molar-refractivity contribution in [2.24, 2.45) is 0 Å². The van der Waals surface area contributed by atoms with Gasteiger partial charge in [-0.05, 0) is 49.6 Å². The van der Waals surface area contributed by atoms with Gasteiger partial charge in [-0.2, -0.15) is 0 Å². The Morgan fingerprint density at radius 2 is 1.26 bits per heavy atom. The number of likely N-dealkylation sites (tertiary alicyclic amines) is 1. The number of rotatable bonds is 5. The number of Topliss-reactive ketones (excluding diaryl/α,β-unsaturated/α-hetero) is 1. The van der Waals surface area contributed by atoms with Crippen LogP contribution in [0.1, 0.15) is 49.4 Å². The summed E-state index contributed by atoms with van der Waals surface area (Å²) in [6, 6.07) is 39.4. The molecule has 0 spiro atoms. The van der Waals surface area contributed by atoms with Crippen molar-refractivity contribution >= 4 is 28.9 Å². The van der Waals surface area contributed by atoms with Gasteiger partial charge in [0.05, 0.1) is 11.1 Å². The first-order valence-electron chi connectivity index (χ1n) is 14.8. The number of para-hydroxylation sites is 1. The van der Waals surface area contributed by atoms with E-state index in [-0.39, 0.29) is 5.78 Å². The molecule has 216 valence electrons. The minimum atomic E-state index is -0.628. The zero-order chi connectivity index (χ0) is 30.0. The lowest BCUT2D eigenvalue weighted by Crippen LogP contribution is -2.52. The maximum Gasteiger partial charge on any atom is 0.419 e. The number of benzene rings is 4. The van der Waals surface area contributed by atoms with E-state index >= 15 is 0 Å². The lowest BCUT2D eigenvalue weighted by molar-refractivity contribution is -0.117. The van der Waals surface area contributed by atoms with Gasteiger partial charge in [0, 0.05) is 42.2 Å². The van der Waals surface area contributed by atoms with Crippen molar-refractivity contribution in [3.8, 4) is 0 Å². The molecule has 1 fully saturated rings.